The lowest BCUT2D eigenvalue weighted by Gasteiger charge is -2.47. The summed E-state index contributed by atoms with van der Waals surface area (Å²) in [5.74, 6) is -1.48. The number of hydrogen-bond donors (Lipinski definition) is 4. The standard InChI is InChI=1S/C10H18O6/c1-3-4-10(15-2)9(14)8(13)7(12)6(5-11)16-10/h3,6-9,11-14H,1,4-5H2,2H3/t6-,7-,8+,9-,10?/m1/s1. The monoisotopic (exact) mass is 234 g/mol. The highest BCUT2D eigenvalue weighted by atomic mass is 16.7. The first-order valence-corrected chi connectivity index (χ1v) is 5.01. The van der Waals surface area contributed by atoms with Gasteiger partial charge in [-0.2, -0.15) is 0 Å². The molecule has 0 aromatic rings. The van der Waals surface area contributed by atoms with Crippen molar-refractivity contribution in [1.29, 1.82) is 0 Å². The summed E-state index contributed by atoms with van der Waals surface area (Å²) in [7, 11) is 1.31. The highest BCUT2D eigenvalue weighted by Crippen LogP contribution is 2.33. The fraction of sp³-hybridized carbons (Fsp3) is 0.800. The van der Waals surface area contributed by atoms with Crippen LogP contribution < -0.4 is 0 Å². The van der Waals surface area contributed by atoms with Crippen molar-refractivity contribution in [3.63, 3.8) is 0 Å². The Balaban J connectivity index is 2.95. The Hall–Kier alpha value is -0.500. The second-order valence-electron chi connectivity index (χ2n) is 3.77. The Labute approximate surface area is 93.7 Å². The van der Waals surface area contributed by atoms with Crippen LogP contribution in [0, 0.1) is 0 Å². The number of aliphatic hydroxyl groups excluding tert-OH is 4. The fourth-order valence-corrected chi connectivity index (χ4v) is 1.83. The first-order valence-electron chi connectivity index (χ1n) is 5.01. The summed E-state index contributed by atoms with van der Waals surface area (Å²) < 4.78 is 10.4. The van der Waals surface area contributed by atoms with Crippen molar-refractivity contribution in [1.82, 2.24) is 0 Å². The van der Waals surface area contributed by atoms with Crippen LogP contribution in [0.25, 0.3) is 0 Å². The van der Waals surface area contributed by atoms with E-state index in [1.165, 1.54) is 13.2 Å². The molecule has 0 amide bonds. The molecule has 0 radical (unpaired) electrons. The maximum Gasteiger partial charge on any atom is 0.200 e. The molecule has 1 heterocycles. The second kappa shape index (κ2) is 5.22. The Morgan fingerprint density at radius 1 is 1.38 bits per heavy atom. The molecule has 6 nitrogen and oxygen atoms in total. The third kappa shape index (κ3) is 2.13. The van der Waals surface area contributed by atoms with Gasteiger partial charge in [-0.25, -0.2) is 0 Å². The zero-order valence-corrected chi connectivity index (χ0v) is 9.11. The molecule has 94 valence electrons. The van der Waals surface area contributed by atoms with Crippen LogP contribution in [-0.2, 0) is 9.47 Å². The summed E-state index contributed by atoms with van der Waals surface area (Å²) in [5.41, 5.74) is 0. The minimum absolute atomic E-state index is 0.130. The molecule has 1 aliphatic heterocycles. The van der Waals surface area contributed by atoms with E-state index in [1.54, 1.807) is 0 Å². The van der Waals surface area contributed by atoms with Gasteiger partial charge in [0, 0.05) is 13.5 Å². The van der Waals surface area contributed by atoms with E-state index in [9.17, 15) is 15.3 Å². The molecule has 0 aliphatic carbocycles. The molecule has 0 aromatic carbocycles. The Morgan fingerprint density at radius 3 is 2.44 bits per heavy atom. The van der Waals surface area contributed by atoms with Crippen LogP contribution >= 0.6 is 0 Å². The lowest BCUT2D eigenvalue weighted by atomic mass is 9.90. The van der Waals surface area contributed by atoms with Gasteiger partial charge in [0.1, 0.15) is 24.4 Å². The molecule has 6 heteroatoms. The predicted octanol–water partition coefficient (Wildman–Crippen LogP) is -1.62. The van der Waals surface area contributed by atoms with Crippen molar-refractivity contribution in [2.45, 2.75) is 36.6 Å². The first kappa shape index (κ1) is 13.6. The van der Waals surface area contributed by atoms with Gasteiger partial charge in [-0.1, -0.05) is 6.08 Å². The van der Waals surface area contributed by atoms with E-state index in [2.05, 4.69) is 6.58 Å². The average molecular weight is 234 g/mol. The number of ether oxygens (including phenoxy) is 2. The molecule has 1 saturated heterocycles. The molecule has 0 bridgehead atoms. The fourth-order valence-electron chi connectivity index (χ4n) is 1.83. The molecular formula is C10H18O6. The number of aliphatic hydroxyl groups is 4. The van der Waals surface area contributed by atoms with E-state index in [-0.39, 0.29) is 6.42 Å². The Kier molecular flexibility index (Phi) is 4.43. The van der Waals surface area contributed by atoms with Crippen LogP contribution in [0.3, 0.4) is 0 Å². The largest absolute Gasteiger partial charge is 0.394 e. The van der Waals surface area contributed by atoms with Gasteiger partial charge in [-0.05, 0) is 0 Å². The molecule has 0 spiro atoms. The SMILES string of the molecule is C=CCC1(OC)O[C@H](CO)[C@@H](O)[C@H](O)[C@H]1O. The van der Waals surface area contributed by atoms with Gasteiger partial charge in [0.25, 0.3) is 0 Å². The molecule has 4 N–H and O–H groups in total. The van der Waals surface area contributed by atoms with Gasteiger partial charge >= 0.3 is 0 Å². The molecule has 1 unspecified atom stereocenters. The third-order valence-electron chi connectivity index (χ3n) is 2.81. The average Bonchev–Trinajstić information content (AvgIpc) is 2.30. The van der Waals surface area contributed by atoms with E-state index in [4.69, 9.17) is 14.6 Å². The summed E-state index contributed by atoms with van der Waals surface area (Å²) in [6, 6.07) is 0. The smallest absolute Gasteiger partial charge is 0.200 e. The predicted molar refractivity (Wildman–Crippen MR) is 54.5 cm³/mol. The number of methoxy groups -OCH3 is 1. The van der Waals surface area contributed by atoms with E-state index >= 15 is 0 Å². The number of hydrogen-bond acceptors (Lipinski definition) is 6. The summed E-state index contributed by atoms with van der Waals surface area (Å²) in [6.45, 7) is 3.02. The van der Waals surface area contributed by atoms with Crippen molar-refractivity contribution >= 4 is 0 Å². The van der Waals surface area contributed by atoms with Gasteiger partial charge < -0.3 is 29.9 Å². The lowest BCUT2D eigenvalue weighted by molar-refractivity contribution is -0.355. The second-order valence-corrected chi connectivity index (χ2v) is 3.77. The van der Waals surface area contributed by atoms with Crippen molar-refractivity contribution in [2.24, 2.45) is 0 Å². The maximum absolute atomic E-state index is 9.81. The molecule has 5 atom stereocenters. The molecule has 0 aromatic heterocycles. The summed E-state index contributed by atoms with van der Waals surface area (Å²) in [5, 5.41) is 38.0. The van der Waals surface area contributed by atoms with Crippen molar-refractivity contribution < 1.29 is 29.9 Å². The number of rotatable bonds is 4. The third-order valence-corrected chi connectivity index (χ3v) is 2.81. The van der Waals surface area contributed by atoms with Crippen LogP contribution in [0.15, 0.2) is 12.7 Å². The molecule has 16 heavy (non-hydrogen) atoms. The zero-order valence-electron chi connectivity index (χ0n) is 9.11. The van der Waals surface area contributed by atoms with Crippen LogP contribution in [0.5, 0.6) is 0 Å². The van der Waals surface area contributed by atoms with Gasteiger partial charge in [-0.15, -0.1) is 6.58 Å². The highest BCUT2D eigenvalue weighted by molar-refractivity contribution is 4.99. The quantitative estimate of drug-likeness (QED) is 0.436. The van der Waals surface area contributed by atoms with Gasteiger partial charge in [-0.3, -0.25) is 0 Å². The van der Waals surface area contributed by atoms with Gasteiger partial charge in [0.15, 0.2) is 0 Å². The van der Waals surface area contributed by atoms with Crippen molar-refractivity contribution in [2.75, 3.05) is 13.7 Å². The summed E-state index contributed by atoms with van der Waals surface area (Å²) >= 11 is 0. The van der Waals surface area contributed by atoms with E-state index < -0.39 is 36.8 Å². The minimum Gasteiger partial charge on any atom is -0.394 e. The van der Waals surface area contributed by atoms with Crippen LogP contribution in [0.1, 0.15) is 6.42 Å². The Bertz CT molecular complexity index is 243. The topological polar surface area (TPSA) is 99.4 Å². The van der Waals surface area contributed by atoms with E-state index in [0.717, 1.165) is 0 Å². The molecule has 1 fully saturated rings. The highest BCUT2D eigenvalue weighted by Gasteiger charge is 2.53. The van der Waals surface area contributed by atoms with Crippen molar-refractivity contribution in [3.05, 3.63) is 12.7 Å². The summed E-state index contributed by atoms with van der Waals surface area (Å²) in [4.78, 5) is 0. The van der Waals surface area contributed by atoms with E-state index in [1.807, 2.05) is 0 Å². The maximum atomic E-state index is 9.81. The van der Waals surface area contributed by atoms with Gasteiger partial charge in [0.05, 0.1) is 6.61 Å². The molecular weight excluding hydrogens is 216 g/mol. The van der Waals surface area contributed by atoms with Gasteiger partial charge in [0.2, 0.25) is 5.79 Å². The van der Waals surface area contributed by atoms with Crippen LogP contribution in [0.2, 0.25) is 0 Å². The first-order chi connectivity index (χ1) is 7.52. The Morgan fingerprint density at radius 2 is 2.00 bits per heavy atom. The minimum atomic E-state index is -1.48. The van der Waals surface area contributed by atoms with E-state index in [0.29, 0.717) is 0 Å². The normalized spacial score (nSPS) is 44.3. The van der Waals surface area contributed by atoms with Crippen molar-refractivity contribution in [3.8, 4) is 0 Å². The zero-order chi connectivity index (χ0) is 12.3. The molecule has 1 aliphatic rings. The van der Waals surface area contributed by atoms with Crippen LogP contribution in [-0.4, -0.2) is 64.3 Å². The lowest BCUT2D eigenvalue weighted by Crippen LogP contribution is -2.65. The molecule has 0 saturated carbocycles. The molecule has 1 rings (SSSR count). The van der Waals surface area contributed by atoms with Crippen LogP contribution in [0.4, 0.5) is 0 Å². The summed E-state index contributed by atoms with van der Waals surface area (Å²) in [6.07, 6.45) is -3.61.